The van der Waals surface area contributed by atoms with Gasteiger partial charge in [0, 0.05) is 38.0 Å². The zero-order valence-corrected chi connectivity index (χ0v) is 31.1. The molecule has 4 heterocycles. The smallest absolute Gasteiger partial charge is 0.407 e. The average molecular weight is 681 g/mol. The van der Waals surface area contributed by atoms with E-state index in [1.54, 1.807) is 20.1 Å². The topological polar surface area (TPSA) is 140 Å². The lowest BCUT2D eigenvalue weighted by Crippen LogP contribution is -2.48. The number of fused-ring (bicyclic) bond motifs is 2. The molecule has 2 aromatic heterocycles. The number of nitrogens with one attached hydrogen (secondary N) is 3. The van der Waals surface area contributed by atoms with E-state index >= 15 is 0 Å². The van der Waals surface area contributed by atoms with Crippen molar-refractivity contribution in [2.75, 3.05) is 41.8 Å². The van der Waals surface area contributed by atoms with Gasteiger partial charge in [0.25, 0.3) is 5.91 Å². The summed E-state index contributed by atoms with van der Waals surface area (Å²) in [6.07, 6.45) is 3.68. The number of piperidine rings is 1. The predicted molar refractivity (Wildman–Crippen MR) is 191 cm³/mol. The van der Waals surface area contributed by atoms with Crippen molar-refractivity contribution in [1.82, 2.24) is 15.3 Å². The van der Waals surface area contributed by atoms with E-state index in [2.05, 4.69) is 54.7 Å². The summed E-state index contributed by atoms with van der Waals surface area (Å²) < 4.78 is 23.9. The Labute approximate surface area is 284 Å². The highest BCUT2D eigenvalue weighted by Crippen LogP contribution is 2.41. The molecule has 5 rings (SSSR count). The number of hydrogen-bond acceptors (Lipinski definition) is 10. The maximum absolute atomic E-state index is 12.7. The van der Waals surface area contributed by atoms with Crippen molar-refractivity contribution >= 4 is 54.6 Å². The van der Waals surface area contributed by atoms with Gasteiger partial charge in [-0.2, -0.15) is 4.98 Å². The summed E-state index contributed by atoms with van der Waals surface area (Å²) in [7, 11) is -1.93. The minimum atomic E-state index is -1.93. The maximum atomic E-state index is 12.7. The minimum absolute atomic E-state index is 0.114. The predicted octanol–water partition coefficient (Wildman–Crippen LogP) is 7.60. The Balaban J connectivity index is 1.33. The molecule has 2 aliphatic rings. The Bertz CT molecular complexity index is 1650. The van der Waals surface area contributed by atoms with E-state index in [1.165, 1.54) is 0 Å². The normalized spacial score (nSPS) is 17.7. The van der Waals surface area contributed by atoms with Crippen molar-refractivity contribution in [3.63, 3.8) is 0 Å². The van der Waals surface area contributed by atoms with Crippen LogP contribution in [0.1, 0.15) is 74.7 Å². The second-order valence-electron chi connectivity index (χ2n) is 16.1. The zero-order valence-electron chi connectivity index (χ0n) is 30.1. The first-order chi connectivity index (χ1) is 22.3. The number of alkyl carbamates (subject to hydrolysis) is 1. The third kappa shape index (κ3) is 8.05. The monoisotopic (exact) mass is 680 g/mol. The van der Waals surface area contributed by atoms with Crippen molar-refractivity contribution in [1.29, 1.82) is 0 Å². The van der Waals surface area contributed by atoms with Crippen LogP contribution in [-0.4, -0.2) is 67.7 Å². The summed E-state index contributed by atoms with van der Waals surface area (Å²) in [5, 5.41) is 9.40. The summed E-state index contributed by atoms with van der Waals surface area (Å²) in [5.41, 5.74) is 0.909. The van der Waals surface area contributed by atoms with Crippen LogP contribution < -0.4 is 25.6 Å². The van der Waals surface area contributed by atoms with Crippen LogP contribution in [0.2, 0.25) is 18.1 Å². The van der Waals surface area contributed by atoms with E-state index in [-0.39, 0.29) is 16.4 Å². The van der Waals surface area contributed by atoms with Gasteiger partial charge >= 0.3 is 6.09 Å². The number of furan rings is 1. The van der Waals surface area contributed by atoms with E-state index in [1.807, 2.05) is 45.0 Å². The number of rotatable bonds is 9. The van der Waals surface area contributed by atoms with Gasteiger partial charge in [-0.25, -0.2) is 9.78 Å². The van der Waals surface area contributed by atoms with Crippen molar-refractivity contribution in [3.05, 3.63) is 30.5 Å². The summed E-state index contributed by atoms with van der Waals surface area (Å²) >= 11 is 0. The van der Waals surface area contributed by atoms with Crippen LogP contribution in [0.3, 0.4) is 0 Å². The molecule has 0 radical (unpaired) electrons. The molecule has 0 spiro atoms. The van der Waals surface area contributed by atoms with Gasteiger partial charge in [-0.3, -0.25) is 4.79 Å². The minimum Gasteiger partial charge on any atom is -0.476 e. The highest BCUT2D eigenvalue weighted by Gasteiger charge is 2.40. The van der Waals surface area contributed by atoms with E-state index in [0.717, 1.165) is 19.3 Å². The van der Waals surface area contributed by atoms with Gasteiger partial charge < -0.3 is 39.2 Å². The molecule has 48 heavy (non-hydrogen) atoms. The van der Waals surface area contributed by atoms with Gasteiger partial charge in [0.15, 0.2) is 25.3 Å². The molecular formula is C35H52N6O6Si. The molecule has 0 bridgehead atoms. The molecule has 3 N–H and O–H groups in total. The number of hydrogen-bond donors (Lipinski definition) is 3. The molecule has 2 amide bonds. The lowest BCUT2D eigenvalue weighted by atomic mass is 9.75. The first kappa shape index (κ1) is 35.5. The Kier molecular flexibility index (Phi) is 9.52. The van der Waals surface area contributed by atoms with Crippen LogP contribution in [0.25, 0.3) is 11.1 Å². The highest BCUT2D eigenvalue weighted by molar-refractivity contribution is 6.74. The first-order valence-electron chi connectivity index (χ1n) is 16.8. The zero-order chi connectivity index (χ0) is 35.1. The Morgan fingerprint density at radius 1 is 1.08 bits per heavy atom. The van der Waals surface area contributed by atoms with Crippen molar-refractivity contribution < 1.29 is 27.9 Å². The van der Waals surface area contributed by atoms with Crippen molar-refractivity contribution in [2.45, 2.75) is 104 Å². The molecule has 262 valence electrons. The number of anilines is 4. The molecule has 1 aromatic carbocycles. The van der Waals surface area contributed by atoms with Crippen LogP contribution in [0, 0.1) is 5.41 Å². The van der Waals surface area contributed by atoms with E-state index in [4.69, 9.17) is 28.3 Å². The largest absolute Gasteiger partial charge is 0.476 e. The fourth-order valence-corrected chi connectivity index (χ4v) is 6.70. The average Bonchev–Trinajstić information content (AvgIpc) is 3.44. The van der Waals surface area contributed by atoms with E-state index in [0.29, 0.717) is 66.2 Å². The van der Waals surface area contributed by atoms with Gasteiger partial charge in [0.2, 0.25) is 5.95 Å². The van der Waals surface area contributed by atoms with Crippen LogP contribution in [0.5, 0.6) is 5.75 Å². The van der Waals surface area contributed by atoms with Crippen LogP contribution in [0.15, 0.2) is 34.9 Å². The van der Waals surface area contributed by atoms with Gasteiger partial charge in [-0.15, -0.1) is 0 Å². The standard InChI is InChI=1S/C35H52N6O6Si/c1-32(2,3)47-31(43)36-22-35(16-20-45-48(9,10)33(4,5)6)14-17-41(18-15-35)28-27-24(13-19-44-27)39-30(40-28)37-23-11-12-26-25(21-23)38-29(42)34(7,8)46-26/h11-13,19,21H,14-18,20,22H2,1-10H3,(H,36,43)(H,38,42)(H,37,39,40). The maximum Gasteiger partial charge on any atom is 0.407 e. The molecule has 0 aliphatic carbocycles. The number of aromatic nitrogens is 2. The molecule has 1 saturated heterocycles. The number of nitrogens with zero attached hydrogens (tertiary/aromatic N) is 3. The van der Waals surface area contributed by atoms with Crippen LogP contribution >= 0.6 is 0 Å². The molecular weight excluding hydrogens is 629 g/mol. The Morgan fingerprint density at radius 2 is 1.79 bits per heavy atom. The number of benzene rings is 1. The van der Waals surface area contributed by atoms with Gasteiger partial charge in [-0.05, 0) is 95.6 Å². The molecule has 12 nitrogen and oxygen atoms in total. The van der Waals surface area contributed by atoms with Crippen molar-refractivity contribution in [3.8, 4) is 5.75 Å². The van der Waals surface area contributed by atoms with E-state index < -0.39 is 25.6 Å². The molecule has 3 aromatic rings. The summed E-state index contributed by atoms with van der Waals surface area (Å²) in [6, 6.07) is 7.32. The van der Waals surface area contributed by atoms with E-state index in [9.17, 15) is 9.59 Å². The van der Waals surface area contributed by atoms with Gasteiger partial charge in [-0.1, -0.05) is 20.8 Å². The lowest BCUT2D eigenvalue weighted by Gasteiger charge is -2.43. The number of carbonyl (C=O) groups is 2. The molecule has 2 aliphatic heterocycles. The number of ether oxygens (including phenoxy) is 2. The Morgan fingerprint density at radius 3 is 2.46 bits per heavy atom. The quantitative estimate of drug-likeness (QED) is 0.194. The second-order valence-corrected chi connectivity index (χ2v) is 20.9. The third-order valence-corrected chi connectivity index (χ3v) is 14.3. The molecule has 1 fully saturated rings. The van der Waals surface area contributed by atoms with Gasteiger partial charge in [0.05, 0.1) is 12.0 Å². The first-order valence-corrected chi connectivity index (χ1v) is 19.7. The van der Waals surface area contributed by atoms with Gasteiger partial charge in [0.1, 0.15) is 16.9 Å². The molecule has 0 unspecified atom stereocenters. The van der Waals surface area contributed by atoms with Crippen LogP contribution in [0.4, 0.5) is 27.9 Å². The summed E-state index contributed by atoms with van der Waals surface area (Å²) in [6.45, 7) is 22.9. The molecule has 13 heteroatoms. The fourth-order valence-electron chi connectivity index (χ4n) is 5.66. The Hall–Kier alpha value is -3.84. The SMILES string of the molecule is CC(C)(C)OC(=O)NCC1(CCO[Si](C)(C)C(C)(C)C)CCN(c2nc(Nc3ccc4c(c3)NC(=O)C(C)(C)O4)nc3ccoc23)CC1. The third-order valence-electron chi connectivity index (χ3n) is 9.71. The second kappa shape index (κ2) is 12.9. The van der Waals surface area contributed by atoms with Crippen molar-refractivity contribution in [2.24, 2.45) is 5.41 Å². The fraction of sp³-hybridized carbons (Fsp3) is 0.600. The summed E-state index contributed by atoms with van der Waals surface area (Å²) in [5.74, 6) is 1.51. The molecule has 0 atom stereocenters. The molecule has 0 saturated carbocycles. The lowest BCUT2D eigenvalue weighted by molar-refractivity contribution is -0.129. The highest BCUT2D eigenvalue weighted by atomic mass is 28.4. The van der Waals surface area contributed by atoms with Crippen LogP contribution in [-0.2, 0) is 14.0 Å². The number of carbonyl (C=O) groups excluding carboxylic acids is 2. The number of amides is 2. The summed E-state index contributed by atoms with van der Waals surface area (Å²) in [4.78, 5) is 37.0.